The highest BCUT2D eigenvalue weighted by Crippen LogP contribution is 2.25. The molecule has 3 rings (SSSR count). The summed E-state index contributed by atoms with van der Waals surface area (Å²) in [4.78, 5) is 4.20. The predicted octanol–water partition coefficient (Wildman–Crippen LogP) is 2.84. The van der Waals surface area contributed by atoms with Crippen LogP contribution in [0.5, 0.6) is 0 Å². The van der Waals surface area contributed by atoms with Crippen molar-refractivity contribution in [3.63, 3.8) is 0 Å². The van der Waals surface area contributed by atoms with Crippen molar-refractivity contribution in [2.75, 3.05) is 0 Å². The standard InChI is InChI=1S/C13H7BrN6S/c14-10-2-4-11(5-3-10)20-13(17-18-19-20)21-12-6-1-9(7-15)8-16-12/h1-6,8H. The summed E-state index contributed by atoms with van der Waals surface area (Å²) in [5.41, 5.74) is 1.38. The quantitative estimate of drug-likeness (QED) is 0.715. The zero-order valence-electron chi connectivity index (χ0n) is 10.5. The molecule has 0 saturated carbocycles. The van der Waals surface area contributed by atoms with Gasteiger partial charge < -0.3 is 0 Å². The predicted molar refractivity (Wildman–Crippen MR) is 79.9 cm³/mol. The Labute approximate surface area is 132 Å². The molecular weight excluding hydrogens is 352 g/mol. The summed E-state index contributed by atoms with van der Waals surface area (Å²) in [6.45, 7) is 0. The van der Waals surface area contributed by atoms with Crippen LogP contribution >= 0.6 is 27.7 Å². The van der Waals surface area contributed by atoms with E-state index in [1.54, 1.807) is 16.8 Å². The van der Waals surface area contributed by atoms with Gasteiger partial charge >= 0.3 is 0 Å². The molecule has 0 aliphatic carbocycles. The van der Waals surface area contributed by atoms with Crippen LogP contribution in [-0.2, 0) is 0 Å². The molecule has 0 saturated heterocycles. The minimum Gasteiger partial charge on any atom is -0.248 e. The molecule has 21 heavy (non-hydrogen) atoms. The van der Waals surface area contributed by atoms with Crippen molar-refractivity contribution in [3.05, 3.63) is 52.6 Å². The van der Waals surface area contributed by atoms with Crippen molar-refractivity contribution in [2.24, 2.45) is 0 Å². The third kappa shape index (κ3) is 3.09. The summed E-state index contributed by atoms with van der Waals surface area (Å²) < 4.78 is 2.62. The lowest BCUT2D eigenvalue weighted by atomic mass is 10.3. The molecule has 0 atom stereocenters. The van der Waals surface area contributed by atoms with Crippen LogP contribution < -0.4 is 0 Å². The second-order valence-corrected chi connectivity index (χ2v) is 5.85. The number of hydrogen-bond acceptors (Lipinski definition) is 6. The minimum absolute atomic E-state index is 0.520. The van der Waals surface area contributed by atoms with Gasteiger partial charge in [0.2, 0.25) is 5.16 Å². The van der Waals surface area contributed by atoms with Gasteiger partial charge in [0, 0.05) is 10.7 Å². The summed E-state index contributed by atoms with van der Waals surface area (Å²) in [5, 5.41) is 21.8. The molecule has 0 radical (unpaired) electrons. The molecule has 0 fully saturated rings. The molecule has 0 unspecified atom stereocenters. The van der Waals surface area contributed by atoms with Gasteiger partial charge in [-0.1, -0.05) is 15.9 Å². The molecule has 0 amide bonds. The van der Waals surface area contributed by atoms with E-state index < -0.39 is 0 Å². The average Bonchev–Trinajstić information content (AvgIpc) is 2.97. The number of nitriles is 1. The van der Waals surface area contributed by atoms with Crippen LogP contribution in [-0.4, -0.2) is 25.2 Å². The molecule has 0 spiro atoms. The van der Waals surface area contributed by atoms with Gasteiger partial charge in [-0.05, 0) is 58.6 Å². The van der Waals surface area contributed by atoms with Gasteiger partial charge in [0.25, 0.3) is 0 Å². The summed E-state index contributed by atoms with van der Waals surface area (Å²) in [7, 11) is 0. The maximum Gasteiger partial charge on any atom is 0.220 e. The summed E-state index contributed by atoms with van der Waals surface area (Å²) in [5.74, 6) is 0. The molecule has 0 N–H and O–H groups in total. The lowest BCUT2D eigenvalue weighted by Crippen LogP contribution is -1.98. The molecule has 2 heterocycles. The van der Waals surface area contributed by atoms with Crippen molar-refractivity contribution in [2.45, 2.75) is 10.2 Å². The van der Waals surface area contributed by atoms with Gasteiger partial charge in [-0.15, -0.1) is 5.10 Å². The second-order valence-electron chi connectivity index (χ2n) is 3.95. The Morgan fingerprint density at radius 1 is 1.14 bits per heavy atom. The fraction of sp³-hybridized carbons (Fsp3) is 0. The van der Waals surface area contributed by atoms with Crippen LogP contribution in [0, 0.1) is 11.3 Å². The molecule has 3 aromatic rings. The first-order valence-electron chi connectivity index (χ1n) is 5.84. The maximum atomic E-state index is 8.76. The topological polar surface area (TPSA) is 80.3 Å². The lowest BCUT2D eigenvalue weighted by Gasteiger charge is -2.03. The van der Waals surface area contributed by atoms with E-state index in [4.69, 9.17) is 5.26 Å². The Hall–Kier alpha value is -2.24. The number of tetrazole rings is 1. The average molecular weight is 359 g/mol. The third-order valence-electron chi connectivity index (χ3n) is 2.57. The van der Waals surface area contributed by atoms with Crippen molar-refractivity contribution < 1.29 is 0 Å². The van der Waals surface area contributed by atoms with Gasteiger partial charge in [-0.25, -0.2) is 4.98 Å². The van der Waals surface area contributed by atoms with Crippen molar-refractivity contribution in [3.8, 4) is 11.8 Å². The fourth-order valence-electron chi connectivity index (χ4n) is 1.59. The minimum atomic E-state index is 0.520. The first-order valence-corrected chi connectivity index (χ1v) is 7.45. The van der Waals surface area contributed by atoms with Crippen LogP contribution in [0.2, 0.25) is 0 Å². The smallest absolute Gasteiger partial charge is 0.220 e. The molecule has 0 aliphatic rings. The number of nitrogens with zero attached hydrogens (tertiary/aromatic N) is 6. The van der Waals surface area contributed by atoms with Crippen molar-refractivity contribution in [1.82, 2.24) is 25.2 Å². The molecule has 0 bridgehead atoms. The highest BCUT2D eigenvalue weighted by molar-refractivity contribution is 9.10. The van der Waals surface area contributed by atoms with Crippen LogP contribution in [0.1, 0.15) is 5.56 Å². The Morgan fingerprint density at radius 2 is 1.95 bits per heavy atom. The van der Waals surface area contributed by atoms with E-state index in [0.717, 1.165) is 15.2 Å². The molecule has 8 heteroatoms. The van der Waals surface area contributed by atoms with Crippen molar-refractivity contribution in [1.29, 1.82) is 5.26 Å². The highest BCUT2D eigenvalue weighted by atomic mass is 79.9. The zero-order chi connectivity index (χ0) is 14.7. The van der Waals surface area contributed by atoms with Gasteiger partial charge in [0.1, 0.15) is 11.1 Å². The Bertz CT molecular complexity index is 791. The highest BCUT2D eigenvalue weighted by Gasteiger charge is 2.10. The van der Waals surface area contributed by atoms with Crippen LogP contribution in [0.25, 0.3) is 5.69 Å². The van der Waals surface area contributed by atoms with E-state index in [1.165, 1.54) is 18.0 Å². The second kappa shape index (κ2) is 6.03. The first-order chi connectivity index (χ1) is 10.3. The van der Waals surface area contributed by atoms with E-state index >= 15 is 0 Å². The molecule has 1 aromatic carbocycles. The van der Waals surface area contributed by atoms with E-state index in [-0.39, 0.29) is 0 Å². The lowest BCUT2D eigenvalue weighted by molar-refractivity contribution is 0.755. The number of benzene rings is 1. The van der Waals surface area contributed by atoms with Crippen molar-refractivity contribution >= 4 is 27.7 Å². The molecule has 6 nitrogen and oxygen atoms in total. The largest absolute Gasteiger partial charge is 0.248 e. The number of hydrogen-bond donors (Lipinski definition) is 0. The van der Waals surface area contributed by atoms with E-state index in [0.29, 0.717) is 10.7 Å². The van der Waals surface area contributed by atoms with Gasteiger partial charge in [0.05, 0.1) is 11.3 Å². The normalized spacial score (nSPS) is 10.3. The third-order valence-corrected chi connectivity index (χ3v) is 3.99. The summed E-state index contributed by atoms with van der Waals surface area (Å²) in [6.07, 6.45) is 1.52. The molecule has 102 valence electrons. The van der Waals surface area contributed by atoms with E-state index in [9.17, 15) is 0 Å². The Balaban J connectivity index is 1.88. The first kappa shape index (κ1) is 13.7. The molecule has 2 aromatic heterocycles. The monoisotopic (exact) mass is 358 g/mol. The molecule has 0 aliphatic heterocycles. The number of pyridine rings is 1. The van der Waals surface area contributed by atoms with Crippen LogP contribution in [0.3, 0.4) is 0 Å². The fourth-order valence-corrected chi connectivity index (χ4v) is 2.59. The summed E-state index contributed by atoms with van der Waals surface area (Å²) >= 11 is 4.73. The van der Waals surface area contributed by atoms with E-state index in [1.807, 2.05) is 30.3 Å². The van der Waals surface area contributed by atoms with Gasteiger partial charge in [0.15, 0.2) is 0 Å². The SMILES string of the molecule is N#Cc1ccc(Sc2nnnn2-c2ccc(Br)cc2)nc1. The number of aromatic nitrogens is 5. The summed E-state index contributed by atoms with van der Waals surface area (Å²) in [6, 6.07) is 13.2. The van der Waals surface area contributed by atoms with Gasteiger partial charge in [-0.3, -0.25) is 0 Å². The molecular formula is C13H7BrN6S. The van der Waals surface area contributed by atoms with Gasteiger partial charge in [-0.2, -0.15) is 9.94 Å². The maximum absolute atomic E-state index is 8.76. The van der Waals surface area contributed by atoms with Crippen LogP contribution in [0.15, 0.2) is 57.3 Å². The Morgan fingerprint density at radius 3 is 2.62 bits per heavy atom. The van der Waals surface area contributed by atoms with Crippen LogP contribution in [0.4, 0.5) is 0 Å². The zero-order valence-corrected chi connectivity index (χ0v) is 12.9. The number of rotatable bonds is 3. The van der Waals surface area contributed by atoms with E-state index in [2.05, 4.69) is 36.4 Å². The Kier molecular flexibility index (Phi) is 3.94. The number of halogens is 1.